The van der Waals surface area contributed by atoms with Gasteiger partial charge in [-0.3, -0.25) is 0 Å². The van der Waals surface area contributed by atoms with Crippen molar-refractivity contribution in [3.8, 4) is 0 Å². The summed E-state index contributed by atoms with van der Waals surface area (Å²) in [7, 11) is 0. The molecule has 0 amide bonds. The van der Waals surface area contributed by atoms with E-state index in [1.54, 1.807) is 6.20 Å². The summed E-state index contributed by atoms with van der Waals surface area (Å²) in [5.74, 6) is 1.03. The van der Waals surface area contributed by atoms with Crippen molar-refractivity contribution in [2.24, 2.45) is 5.73 Å². The maximum absolute atomic E-state index is 5.52. The lowest BCUT2D eigenvalue weighted by Crippen LogP contribution is -2.27. The van der Waals surface area contributed by atoms with Crippen LogP contribution in [0.1, 0.15) is 25.3 Å². The Kier molecular flexibility index (Phi) is 2.86. The van der Waals surface area contributed by atoms with E-state index in [0.717, 1.165) is 17.9 Å². The molecule has 1 aliphatic rings. The molecule has 1 fully saturated rings. The predicted molar refractivity (Wildman–Crippen MR) is 66.2 cm³/mol. The highest BCUT2D eigenvalue weighted by atomic mass is 32.1. The number of nitrogens with zero attached hydrogens (tertiary/aromatic N) is 2. The minimum atomic E-state index is 0.406. The van der Waals surface area contributed by atoms with Crippen molar-refractivity contribution in [3.63, 3.8) is 0 Å². The van der Waals surface area contributed by atoms with Crippen LogP contribution < -0.4 is 10.6 Å². The molecule has 15 heavy (non-hydrogen) atoms. The first kappa shape index (κ1) is 10.4. The number of hydrogen-bond acceptors (Lipinski definition) is 3. The molecule has 1 unspecified atom stereocenters. The van der Waals surface area contributed by atoms with E-state index in [4.69, 9.17) is 18.0 Å². The van der Waals surface area contributed by atoms with Crippen LogP contribution in [0.3, 0.4) is 0 Å². The SMILES string of the molecule is CC1CCCN1c1ccc(C(N)=S)cn1. The molecule has 2 N–H and O–H groups in total. The van der Waals surface area contributed by atoms with Crippen molar-refractivity contribution in [3.05, 3.63) is 23.9 Å². The third kappa shape index (κ3) is 2.09. The van der Waals surface area contributed by atoms with Gasteiger partial charge >= 0.3 is 0 Å². The Morgan fingerprint density at radius 1 is 1.60 bits per heavy atom. The zero-order chi connectivity index (χ0) is 10.8. The van der Waals surface area contributed by atoms with E-state index < -0.39 is 0 Å². The number of rotatable bonds is 2. The molecule has 0 bridgehead atoms. The third-order valence-corrected chi connectivity index (χ3v) is 3.12. The Labute approximate surface area is 95.3 Å². The van der Waals surface area contributed by atoms with Crippen LogP contribution in [-0.2, 0) is 0 Å². The minimum Gasteiger partial charge on any atom is -0.389 e. The summed E-state index contributed by atoms with van der Waals surface area (Å²) in [6.07, 6.45) is 4.25. The Hall–Kier alpha value is -1.16. The third-order valence-electron chi connectivity index (χ3n) is 2.88. The number of thiocarbonyl (C=S) groups is 1. The predicted octanol–water partition coefficient (Wildman–Crippen LogP) is 1.70. The fourth-order valence-electron chi connectivity index (χ4n) is 1.98. The zero-order valence-corrected chi connectivity index (χ0v) is 9.63. The van der Waals surface area contributed by atoms with E-state index in [2.05, 4.69) is 16.8 Å². The second kappa shape index (κ2) is 4.14. The summed E-state index contributed by atoms with van der Waals surface area (Å²) in [5, 5.41) is 0. The second-order valence-electron chi connectivity index (χ2n) is 3.95. The van der Waals surface area contributed by atoms with Gasteiger partial charge in [0.05, 0.1) is 0 Å². The molecule has 1 saturated heterocycles. The molecular formula is C11H15N3S. The molecule has 3 nitrogen and oxygen atoms in total. The Bertz CT molecular complexity index is 361. The van der Waals surface area contributed by atoms with Gasteiger partial charge in [-0.15, -0.1) is 0 Å². The number of anilines is 1. The molecule has 1 aromatic heterocycles. The molecule has 1 aliphatic heterocycles. The fourth-order valence-corrected chi connectivity index (χ4v) is 2.10. The molecule has 2 rings (SSSR count). The Balaban J connectivity index is 2.19. The van der Waals surface area contributed by atoms with Gasteiger partial charge < -0.3 is 10.6 Å². The van der Waals surface area contributed by atoms with Gasteiger partial charge in [-0.1, -0.05) is 12.2 Å². The summed E-state index contributed by atoms with van der Waals surface area (Å²) in [5.41, 5.74) is 6.36. The maximum Gasteiger partial charge on any atom is 0.128 e. The van der Waals surface area contributed by atoms with Gasteiger partial charge in [-0.2, -0.15) is 0 Å². The summed E-state index contributed by atoms with van der Waals surface area (Å²) in [6.45, 7) is 3.33. The maximum atomic E-state index is 5.52. The molecule has 0 spiro atoms. The fraction of sp³-hybridized carbons (Fsp3) is 0.455. The quantitative estimate of drug-likeness (QED) is 0.772. The van der Waals surface area contributed by atoms with E-state index in [-0.39, 0.29) is 0 Å². The van der Waals surface area contributed by atoms with Gasteiger partial charge in [0.2, 0.25) is 0 Å². The van der Waals surface area contributed by atoms with Crippen molar-refractivity contribution in [1.82, 2.24) is 4.98 Å². The normalized spacial score (nSPS) is 20.6. The topological polar surface area (TPSA) is 42.1 Å². The van der Waals surface area contributed by atoms with Crippen molar-refractivity contribution in [2.75, 3.05) is 11.4 Å². The highest BCUT2D eigenvalue weighted by Gasteiger charge is 2.21. The number of pyridine rings is 1. The first-order chi connectivity index (χ1) is 7.18. The number of hydrogen-bond donors (Lipinski definition) is 1. The lowest BCUT2D eigenvalue weighted by Gasteiger charge is -2.22. The van der Waals surface area contributed by atoms with Gasteiger partial charge in [0.1, 0.15) is 10.8 Å². The Morgan fingerprint density at radius 2 is 2.40 bits per heavy atom. The van der Waals surface area contributed by atoms with Crippen LogP contribution in [0.15, 0.2) is 18.3 Å². The molecule has 0 aromatic carbocycles. The van der Waals surface area contributed by atoms with Gasteiger partial charge in [0, 0.05) is 24.3 Å². The second-order valence-corrected chi connectivity index (χ2v) is 4.39. The van der Waals surface area contributed by atoms with Crippen LogP contribution in [-0.4, -0.2) is 22.6 Å². The van der Waals surface area contributed by atoms with Gasteiger partial charge in [0.25, 0.3) is 0 Å². The van der Waals surface area contributed by atoms with E-state index >= 15 is 0 Å². The van der Waals surface area contributed by atoms with Gasteiger partial charge in [-0.25, -0.2) is 4.98 Å². The standard InChI is InChI=1S/C11H15N3S/c1-8-3-2-6-14(8)10-5-4-9(7-13-10)11(12)15/h4-5,7-8H,2-3,6H2,1H3,(H2,12,15). The van der Waals surface area contributed by atoms with Crippen molar-refractivity contribution in [1.29, 1.82) is 0 Å². The van der Waals surface area contributed by atoms with Crippen LogP contribution in [0.4, 0.5) is 5.82 Å². The van der Waals surface area contributed by atoms with Crippen molar-refractivity contribution in [2.45, 2.75) is 25.8 Å². The monoisotopic (exact) mass is 221 g/mol. The number of nitrogens with two attached hydrogens (primary N) is 1. The zero-order valence-electron chi connectivity index (χ0n) is 8.81. The molecule has 0 saturated carbocycles. The summed E-state index contributed by atoms with van der Waals surface area (Å²) >= 11 is 4.89. The van der Waals surface area contributed by atoms with Crippen LogP contribution >= 0.6 is 12.2 Å². The average Bonchev–Trinajstić information content (AvgIpc) is 2.65. The molecule has 0 radical (unpaired) electrons. The van der Waals surface area contributed by atoms with Crippen molar-refractivity contribution < 1.29 is 0 Å². The lowest BCUT2D eigenvalue weighted by atomic mass is 10.2. The summed E-state index contributed by atoms with van der Waals surface area (Å²) in [6, 6.07) is 4.53. The van der Waals surface area contributed by atoms with Crippen LogP contribution in [0.25, 0.3) is 0 Å². The first-order valence-electron chi connectivity index (χ1n) is 5.21. The highest BCUT2D eigenvalue weighted by Crippen LogP contribution is 2.23. The lowest BCUT2D eigenvalue weighted by molar-refractivity contribution is 0.727. The van der Waals surface area contributed by atoms with E-state index in [1.165, 1.54) is 12.8 Å². The smallest absolute Gasteiger partial charge is 0.128 e. The van der Waals surface area contributed by atoms with Gasteiger partial charge in [0.15, 0.2) is 0 Å². The molecular weight excluding hydrogens is 206 g/mol. The molecule has 1 atom stereocenters. The molecule has 1 aromatic rings. The van der Waals surface area contributed by atoms with E-state index in [0.29, 0.717) is 11.0 Å². The highest BCUT2D eigenvalue weighted by molar-refractivity contribution is 7.80. The molecule has 4 heteroatoms. The summed E-state index contributed by atoms with van der Waals surface area (Å²) < 4.78 is 0. The minimum absolute atomic E-state index is 0.406. The van der Waals surface area contributed by atoms with E-state index in [1.807, 2.05) is 12.1 Å². The van der Waals surface area contributed by atoms with Gasteiger partial charge in [-0.05, 0) is 31.9 Å². The first-order valence-corrected chi connectivity index (χ1v) is 5.62. The van der Waals surface area contributed by atoms with Crippen molar-refractivity contribution >= 4 is 23.0 Å². The molecule has 2 heterocycles. The average molecular weight is 221 g/mol. The van der Waals surface area contributed by atoms with Crippen LogP contribution in [0, 0.1) is 0 Å². The Morgan fingerprint density at radius 3 is 2.87 bits per heavy atom. The van der Waals surface area contributed by atoms with Crippen LogP contribution in [0.5, 0.6) is 0 Å². The van der Waals surface area contributed by atoms with E-state index in [9.17, 15) is 0 Å². The molecule has 0 aliphatic carbocycles. The molecule has 80 valence electrons. The largest absolute Gasteiger partial charge is 0.389 e. The summed E-state index contributed by atoms with van der Waals surface area (Å²) in [4.78, 5) is 7.12. The van der Waals surface area contributed by atoms with Crippen LogP contribution in [0.2, 0.25) is 0 Å². The number of aromatic nitrogens is 1.